The van der Waals surface area contributed by atoms with Crippen molar-refractivity contribution < 1.29 is 19.7 Å². The van der Waals surface area contributed by atoms with Gasteiger partial charge in [0, 0.05) is 19.0 Å². The van der Waals surface area contributed by atoms with Crippen LogP contribution in [0.4, 0.5) is 5.69 Å². The van der Waals surface area contributed by atoms with Gasteiger partial charge >= 0.3 is 0 Å². The molecule has 1 heterocycles. The van der Waals surface area contributed by atoms with Crippen LogP contribution in [-0.4, -0.2) is 35.4 Å². The van der Waals surface area contributed by atoms with Crippen LogP contribution < -0.4 is 9.64 Å². The summed E-state index contributed by atoms with van der Waals surface area (Å²) in [4.78, 5) is 14.2. The van der Waals surface area contributed by atoms with Crippen molar-refractivity contribution in [3.63, 3.8) is 0 Å². The van der Waals surface area contributed by atoms with E-state index in [1.807, 2.05) is 31.2 Å². The number of hydrogen-bond donors (Lipinski definition) is 2. The van der Waals surface area contributed by atoms with Gasteiger partial charge in [0.15, 0.2) is 6.10 Å². The second-order valence-electron chi connectivity index (χ2n) is 5.67. The van der Waals surface area contributed by atoms with Gasteiger partial charge in [-0.25, -0.2) is 0 Å². The van der Waals surface area contributed by atoms with E-state index in [0.29, 0.717) is 17.9 Å². The lowest BCUT2D eigenvalue weighted by Gasteiger charge is -2.34. The molecule has 120 valence electrons. The Balaban J connectivity index is 1.91. The molecule has 1 atom stereocenters. The molecule has 0 radical (unpaired) electrons. The third-order valence-corrected chi connectivity index (χ3v) is 3.87. The molecule has 0 fully saturated rings. The van der Waals surface area contributed by atoms with E-state index in [4.69, 9.17) is 4.74 Å². The Hall–Kier alpha value is -2.53. The number of aliphatic hydroxyl groups is 1. The fourth-order valence-electron chi connectivity index (χ4n) is 2.83. The van der Waals surface area contributed by atoms with Crippen LogP contribution in [0.2, 0.25) is 0 Å². The van der Waals surface area contributed by atoms with Gasteiger partial charge in [-0.3, -0.25) is 4.79 Å². The molecule has 1 aliphatic rings. The number of anilines is 1. The predicted molar refractivity (Wildman–Crippen MR) is 86.8 cm³/mol. The zero-order valence-corrected chi connectivity index (χ0v) is 12.9. The molecule has 2 N–H and O–H groups in total. The Morgan fingerprint density at radius 2 is 2.04 bits per heavy atom. The molecule has 2 aromatic rings. The van der Waals surface area contributed by atoms with E-state index in [1.165, 1.54) is 17.0 Å². The van der Waals surface area contributed by atoms with E-state index in [0.717, 1.165) is 11.1 Å². The highest BCUT2D eigenvalue weighted by Gasteiger charge is 2.34. The highest BCUT2D eigenvalue weighted by molar-refractivity contribution is 6.00. The molecule has 5 nitrogen and oxygen atoms in total. The summed E-state index contributed by atoms with van der Waals surface area (Å²) in [6, 6.07) is 12.6. The number of hydrogen-bond acceptors (Lipinski definition) is 4. The van der Waals surface area contributed by atoms with E-state index in [-0.39, 0.29) is 24.8 Å². The number of phenols is 1. The number of aromatic hydroxyl groups is 1. The maximum absolute atomic E-state index is 12.7. The normalized spacial score (nSPS) is 16.9. The SMILES string of the molecule is Cc1cccc(CC2Oc3ccc(O)cc3N(CCO)C2=O)c1. The molecular weight excluding hydrogens is 294 g/mol. The van der Waals surface area contributed by atoms with Gasteiger partial charge in [0.25, 0.3) is 5.91 Å². The highest BCUT2D eigenvalue weighted by Crippen LogP contribution is 2.37. The van der Waals surface area contributed by atoms with Gasteiger partial charge in [-0.2, -0.15) is 0 Å². The molecule has 0 saturated carbocycles. The predicted octanol–water partition coefficient (Wildman–Crippen LogP) is 2.03. The number of carbonyl (C=O) groups is 1. The number of aryl methyl sites for hydroxylation is 1. The monoisotopic (exact) mass is 313 g/mol. The minimum Gasteiger partial charge on any atom is -0.508 e. The minimum absolute atomic E-state index is 0.0558. The molecule has 1 aliphatic heterocycles. The first kappa shape index (κ1) is 15.4. The number of rotatable bonds is 4. The summed E-state index contributed by atoms with van der Waals surface area (Å²) in [6.45, 7) is 2.02. The van der Waals surface area contributed by atoms with E-state index in [9.17, 15) is 15.0 Å². The molecule has 0 aromatic heterocycles. The Morgan fingerprint density at radius 1 is 1.22 bits per heavy atom. The van der Waals surface area contributed by atoms with Crippen molar-refractivity contribution in [2.45, 2.75) is 19.4 Å². The minimum atomic E-state index is -0.639. The Labute approximate surface area is 134 Å². The average molecular weight is 313 g/mol. The number of carbonyl (C=O) groups excluding carboxylic acids is 1. The molecule has 2 aromatic carbocycles. The van der Waals surface area contributed by atoms with Crippen LogP contribution in [0.25, 0.3) is 0 Å². The van der Waals surface area contributed by atoms with Gasteiger partial charge in [-0.15, -0.1) is 0 Å². The van der Waals surface area contributed by atoms with Crippen molar-refractivity contribution in [3.05, 3.63) is 53.6 Å². The standard InChI is InChI=1S/C18H19NO4/c1-12-3-2-4-13(9-12)10-17-18(22)19(7-8-20)15-11-14(21)5-6-16(15)23-17/h2-6,9,11,17,20-21H,7-8,10H2,1H3. The fraction of sp³-hybridized carbons (Fsp3) is 0.278. The lowest BCUT2D eigenvalue weighted by Crippen LogP contribution is -2.48. The Bertz CT molecular complexity index is 729. The van der Waals surface area contributed by atoms with Gasteiger partial charge in [-0.05, 0) is 24.6 Å². The maximum Gasteiger partial charge on any atom is 0.268 e. The summed E-state index contributed by atoms with van der Waals surface area (Å²) >= 11 is 0. The van der Waals surface area contributed by atoms with Gasteiger partial charge in [-0.1, -0.05) is 29.8 Å². The van der Waals surface area contributed by atoms with Gasteiger partial charge in [0.1, 0.15) is 11.5 Å². The van der Waals surface area contributed by atoms with Crippen molar-refractivity contribution in [3.8, 4) is 11.5 Å². The van der Waals surface area contributed by atoms with Crippen LogP contribution in [-0.2, 0) is 11.2 Å². The van der Waals surface area contributed by atoms with E-state index < -0.39 is 6.10 Å². The fourth-order valence-corrected chi connectivity index (χ4v) is 2.83. The van der Waals surface area contributed by atoms with Crippen LogP contribution in [0, 0.1) is 6.92 Å². The smallest absolute Gasteiger partial charge is 0.268 e. The topological polar surface area (TPSA) is 70.0 Å². The summed E-state index contributed by atoms with van der Waals surface area (Å²) in [5.74, 6) is 0.382. The zero-order valence-electron chi connectivity index (χ0n) is 12.9. The Morgan fingerprint density at radius 3 is 2.78 bits per heavy atom. The second kappa shape index (κ2) is 6.30. The summed E-state index contributed by atoms with van der Waals surface area (Å²) in [5.41, 5.74) is 2.64. The number of nitrogens with zero attached hydrogens (tertiary/aromatic N) is 1. The van der Waals surface area contributed by atoms with Crippen LogP contribution >= 0.6 is 0 Å². The van der Waals surface area contributed by atoms with Gasteiger partial charge < -0.3 is 19.8 Å². The number of fused-ring (bicyclic) bond motifs is 1. The largest absolute Gasteiger partial charge is 0.508 e. The van der Waals surface area contributed by atoms with E-state index in [2.05, 4.69) is 0 Å². The van der Waals surface area contributed by atoms with Crippen LogP contribution in [0.1, 0.15) is 11.1 Å². The maximum atomic E-state index is 12.7. The molecule has 3 rings (SSSR count). The molecular formula is C18H19NO4. The van der Waals surface area contributed by atoms with Gasteiger partial charge in [0.2, 0.25) is 0 Å². The molecule has 23 heavy (non-hydrogen) atoms. The molecule has 1 amide bonds. The number of amides is 1. The summed E-state index contributed by atoms with van der Waals surface area (Å²) in [7, 11) is 0. The molecule has 5 heteroatoms. The first-order valence-electron chi connectivity index (χ1n) is 7.56. The van der Waals surface area contributed by atoms with E-state index in [1.54, 1.807) is 6.07 Å². The quantitative estimate of drug-likeness (QED) is 0.906. The van der Waals surface area contributed by atoms with Crippen molar-refractivity contribution in [1.29, 1.82) is 0 Å². The molecule has 0 bridgehead atoms. The molecule has 0 saturated heterocycles. The third kappa shape index (κ3) is 3.14. The van der Waals surface area contributed by atoms with Crippen molar-refractivity contribution in [1.82, 2.24) is 0 Å². The number of aliphatic hydroxyl groups excluding tert-OH is 1. The van der Waals surface area contributed by atoms with Crippen molar-refractivity contribution in [2.24, 2.45) is 0 Å². The Kier molecular flexibility index (Phi) is 4.21. The number of ether oxygens (including phenoxy) is 1. The summed E-state index contributed by atoms with van der Waals surface area (Å²) in [5, 5.41) is 18.9. The van der Waals surface area contributed by atoms with Crippen LogP contribution in [0.15, 0.2) is 42.5 Å². The first-order chi connectivity index (χ1) is 11.1. The van der Waals surface area contributed by atoms with Crippen LogP contribution in [0.3, 0.4) is 0 Å². The molecule has 0 spiro atoms. The van der Waals surface area contributed by atoms with E-state index >= 15 is 0 Å². The zero-order chi connectivity index (χ0) is 16.4. The number of benzene rings is 2. The highest BCUT2D eigenvalue weighted by atomic mass is 16.5. The second-order valence-corrected chi connectivity index (χ2v) is 5.67. The number of phenolic OH excluding ortho intramolecular Hbond substituents is 1. The molecule has 0 aliphatic carbocycles. The lowest BCUT2D eigenvalue weighted by atomic mass is 10.0. The number of β-amino-alcohol motifs (C(OH)–C–C–N with tert-alkyl or cyclic N) is 1. The van der Waals surface area contributed by atoms with Crippen LogP contribution in [0.5, 0.6) is 11.5 Å². The van der Waals surface area contributed by atoms with Crippen molar-refractivity contribution >= 4 is 11.6 Å². The summed E-state index contributed by atoms with van der Waals surface area (Å²) < 4.78 is 5.84. The molecule has 1 unspecified atom stereocenters. The average Bonchev–Trinajstić information content (AvgIpc) is 2.52. The first-order valence-corrected chi connectivity index (χ1v) is 7.56. The van der Waals surface area contributed by atoms with Crippen molar-refractivity contribution in [2.75, 3.05) is 18.1 Å². The third-order valence-electron chi connectivity index (χ3n) is 3.87. The van der Waals surface area contributed by atoms with Gasteiger partial charge in [0.05, 0.1) is 12.3 Å². The summed E-state index contributed by atoms with van der Waals surface area (Å²) in [6.07, 6.45) is -0.177. The lowest BCUT2D eigenvalue weighted by molar-refractivity contribution is -0.126.